The number of carbonyl (C=O) groups is 1. The van der Waals surface area contributed by atoms with Crippen LogP contribution >= 0.6 is 46.4 Å². The first kappa shape index (κ1) is 23.7. The van der Waals surface area contributed by atoms with Crippen molar-refractivity contribution in [1.82, 2.24) is 0 Å². The van der Waals surface area contributed by atoms with E-state index in [2.05, 4.69) is 0 Å². The van der Waals surface area contributed by atoms with Gasteiger partial charge in [-0.1, -0.05) is 58.5 Å². The number of esters is 1. The van der Waals surface area contributed by atoms with Crippen LogP contribution in [0, 0.1) is 0 Å². The molecule has 2 aromatic carbocycles. The molecular formula is C21H20Cl4O4. The van der Waals surface area contributed by atoms with Gasteiger partial charge in [-0.3, -0.25) is 0 Å². The molecule has 29 heavy (non-hydrogen) atoms. The Labute approximate surface area is 190 Å². The van der Waals surface area contributed by atoms with E-state index in [4.69, 9.17) is 60.6 Å². The van der Waals surface area contributed by atoms with Crippen LogP contribution in [0.2, 0.25) is 10.0 Å². The molecule has 0 aliphatic carbocycles. The molecule has 0 atom stereocenters. The van der Waals surface area contributed by atoms with Crippen molar-refractivity contribution in [3.63, 3.8) is 0 Å². The third kappa shape index (κ3) is 7.98. The van der Waals surface area contributed by atoms with Crippen LogP contribution in [-0.2, 0) is 11.3 Å². The van der Waals surface area contributed by atoms with Crippen molar-refractivity contribution in [3.05, 3.63) is 68.1 Å². The molecule has 8 heteroatoms. The Hall–Kier alpha value is -1.59. The molecule has 0 unspecified atom stereocenters. The van der Waals surface area contributed by atoms with Crippen LogP contribution in [0.15, 0.2) is 47.0 Å². The Bertz CT molecular complexity index is 860. The first-order chi connectivity index (χ1) is 13.5. The van der Waals surface area contributed by atoms with Crippen LogP contribution in [-0.4, -0.2) is 18.2 Å². The largest absolute Gasteiger partial charge is 0.489 e. The van der Waals surface area contributed by atoms with Gasteiger partial charge in [-0.05, 0) is 44.5 Å². The third-order valence-electron chi connectivity index (χ3n) is 3.43. The SMILES string of the molecule is CC(C)(C)OC(=O)c1ccc(COc2c(Cl)cc(OCC=C(Cl)Cl)cc2Cl)cc1. The highest BCUT2D eigenvalue weighted by Gasteiger charge is 2.18. The lowest BCUT2D eigenvalue weighted by molar-refractivity contribution is 0.00695. The molecule has 0 saturated heterocycles. The molecule has 0 fully saturated rings. The summed E-state index contributed by atoms with van der Waals surface area (Å²) in [7, 11) is 0. The number of rotatable bonds is 7. The summed E-state index contributed by atoms with van der Waals surface area (Å²) in [5, 5.41) is 0.609. The fourth-order valence-electron chi connectivity index (χ4n) is 2.19. The maximum atomic E-state index is 12.1. The molecule has 4 nitrogen and oxygen atoms in total. The van der Waals surface area contributed by atoms with Gasteiger partial charge in [0.2, 0.25) is 0 Å². The first-order valence-electron chi connectivity index (χ1n) is 8.63. The topological polar surface area (TPSA) is 44.8 Å². The van der Waals surface area contributed by atoms with Gasteiger partial charge in [0.15, 0.2) is 5.75 Å². The summed E-state index contributed by atoms with van der Waals surface area (Å²) in [6.07, 6.45) is 1.50. The molecule has 156 valence electrons. The minimum atomic E-state index is -0.547. The van der Waals surface area contributed by atoms with Crippen molar-refractivity contribution in [1.29, 1.82) is 0 Å². The molecule has 0 heterocycles. The van der Waals surface area contributed by atoms with E-state index in [1.54, 1.807) is 36.4 Å². The standard InChI is InChI=1S/C21H20Cl4O4/c1-21(2,3)29-20(26)14-6-4-13(5-7-14)12-28-19-16(22)10-15(11-17(19)23)27-9-8-18(24)25/h4-8,10-11H,9,12H2,1-3H3. The van der Waals surface area contributed by atoms with E-state index in [0.29, 0.717) is 27.1 Å². The summed E-state index contributed by atoms with van der Waals surface area (Å²) < 4.78 is 16.6. The van der Waals surface area contributed by atoms with E-state index >= 15 is 0 Å². The normalized spacial score (nSPS) is 11.0. The summed E-state index contributed by atoms with van der Waals surface area (Å²) in [5.74, 6) is 0.416. The summed E-state index contributed by atoms with van der Waals surface area (Å²) in [6, 6.07) is 10.1. The lowest BCUT2D eigenvalue weighted by atomic mass is 10.1. The maximum absolute atomic E-state index is 12.1. The number of benzene rings is 2. The van der Waals surface area contributed by atoms with E-state index in [1.807, 2.05) is 20.8 Å². The average molecular weight is 478 g/mol. The molecule has 0 amide bonds. The van der Waals surface area contributed by atoms with Crippen molar-refractivity contribution >= 4 is 52.4 Å². The van der Waals surface area contributed by atoms with Crippen molar-refractivity contribution < 1.29 is 19.0 Å². The van der Waals surface area contributed by atoms with Crippen LogP contribution in [0.25, 0.3) is 0 Å². The summed E-state index contributed by atoms with van der Waals surface area (Å²) in [4.78, 5) is 12.1. The van der Waals surface area contributed by atoms with E-state index in [-0.39, 0.29) is 23.7 Å². The van der Waals surface area contributed by atoms with Gasteiger partial charge in [0.05, 0.1) is 15.6 Å². The second-order valence-corrected chi connectivity index (χ2v) is 8.83. The number of ether oxygens (including phenoxy) is 3. The Morgan fingerprint density at radius 3 is 2.10 bits per heavy atom. The average Bonchev–Trinajstić information content (AvgIpc) is 2.59. The highest BCUT2D eigenvalue weighted by molar-refractivity contribution is 6.55. The Kier molecular flexibility index (Phi) is 8.53. The fourth-order valence-corrected chi connectivity index (χ4v) is 2.89. The zero-order valence-corrected chi connectivity index (χ0v) is 19.1. The van der Waals surface area contributed by atoms with E-state index in [0.717, 1.165) is 5.56 Å². The predicted molar refractivity (Wildman–Crippen MR) is 118 cm³/mol. The molecule has 0 bridgehead atoms. The summed E-state index contributed by atoms with van der Waals surface area (Å²) >= 11 is 23.6. The second-order valence-electron chi connectivity index (χ2n) is 7.01. The van der Waals surface area contributed by atoms with Gasteiger partial charge in [-0.15, -0.1) is 0 Å². The van der Waals surface area contributed by atoms with Gasteiger partial charge >= 0.3 is 5.97 Å². The van der Waals surface area contributed by atoms with Crippen molar-refractivity contribution in [3.8, 4) is 11.5 Å². The summed E-state index contributed by atoms with van der Waals surface area (Å²) in [5.41, 5.74) is 0.758. The Morgan fingerprint density at radius 2 is 1.59 bits per heavy atom. The first-order valence-corrected chi connectivity index (χ1v) is 10.1. The quantitative estimate of drug-likeness (QED) is 0.394. The van der Waals surface area contributed by atoms with Gasteiger partial charge in [0, 0.05) is 12.1 Å². The highest BCUT2D eigenvalue weighted by Crippen LogP contribution is 2.37. The molecule has 0 saturated carbocycles. The number of halogens is 4. The van der Waals surface area contributed by atoms with Gasteiger partial charge in [-0.2, -0.15) is 0 Å². The molecule has 0 aliphatic heterocycles. The fraction of sp³-hybridized carbons (Fsp3) is 0.286. The van der Waals surface area contributed by atoms with Gasteiger partial charge in [0.1, 0.15) is 29.1 Å². The number of carbonyl (C=O) groups excluding carboxylic acids is 1. The van der Waals surface area contributed by atoms with Crippen LogP contribution in [0.3, 0.4) is 0 Å². The van der Waals surface area contributed by atoms with Gasteiger partial charge < -0.3 is 14.2 Å². The highest BCUT2D eigenvalue weighted by atomic mass is 35.5. The molecule has 0 spiro atoms. The van der Waals surface area contributed by atoms with Crippen LogP contribution in [0.4, 0.5) is 0 Å². The van der Waals surface area contributed by atoms with Crippen LogP contribution in [0.5, 0.6) is 11.5 Å². The van der Waals surface area contributed by atoms with E-state index < -0.39 is 5.60 Å². The van der Waals surface area contributed by atoms with Crippen LogP contribution in [0.1, 0.15) is 36.7 Å². The zero-order valence-electron chi connectivity index (χ0n) is 16.1. The molecule has 0 aromatic heterocycles. The maximum Gasteiger partial charge on any atom is 0.338 e. The lowest BCUT2D eigenvalue weighted by Gasteiger charge is -2.19. The predicted octanol–water partition coefficient (Wildman–Crippen LogP) is 7.23. The van der Waals surface area contributed by atoms with E-state index in [1.165, 1.54) is 6.08 Å². The van der Waals surface area contributed by atoms with Crippen LogP contribution < -0.4 is 9.47 Å². The van der Waals surface area contributed by atoms with E-state index in [9.17, 15) is 4.79 Å². The molecular weight excluding hydrogens is 458 g/mol. The van der Waals surface area contributed by atoms with Crippen molar-refractivity contribution in [2.24, 2.45) is 0 Å². The lowest BCUT2D eigenvalue weighted by Crippen LogP contribution is -2.23. The third-order valence-corrected chi connectivity index (χ3v) is 4.30. The monoisotopic (exact) mass is 476 g/mol. The minimum absolute atomic E-state index is 0.111. The minimum Gasteiger partial charge on any atom is -0.489 e. The number of hydrogen-bond acceptors (Lipinski definition) is 4. The van der Waals surface area contributed by atoms with Gasteiger partial charge in [0.25, 0.3) is 0 Å². The zero-order chi connectivity index (χ0) is 21.6. The number of hydrogen-bond donors (Lipinski definition) is 0. The second kappa shape index (κ2) is 10.4. The smallest absolute Gasteiger partial charge is 0.338 e. The molecule has 2 rings (SSSR count). The van der Waals surface area contributed by atoms with Crippen molar-refractivity contribution in [2.45, 2.75) is 33.0 Å². The van der Waals surface area contributed by atoms with Crippen molar-refractivity contribution in [2.75, 3.05) is 6.61 Å². The molecule has 0 aliphatic rings. The Balaban J connectivity index is 2.00. The molecule has 0 radical (unpaired) electrons. The molecule has 0 N–H and O–H groups in total. The summed E-state index contributed by atoms with van der Waals surface area (Å²) in [6.45, 7) is 5.86. The molecule has 2 aromatic rings. The van der Waals surface area contributed by atoms with Gasteiger partial charge in [-0.25, -0.2) is 4.79 Å². The Morgan fingerprint density at radius 1 is 1.00 bits per heavy atom.